The number of ether oxygens (including phenoxy) is 1. The number of aromatic nitrogens is 2. The fourth-order valence-electron chi connectivity index (χ4n) is 2.70. The molecule has 0 radical (unpaired) electrons. The van der Waals surface area contributed by atoms with Crippen molar-refractivity contribution < 1.29 is 4.74 Å². The van der Waals surface area contributed by atoms with Gasteiger partial charge in [-0.1, -0.05) is 0 Å². The maximum atomic E-state index is 5.01. The maximum Gasteiger partial charge on any atom is 0.225 e. The summed E-state index contributed by atoms with van der Waals surface area (Å²) in [4.78, 5) is 13.7. The molecule has 0 spiro atoms. The van der Waals surface area contributed by atoms with Gasteiger partial charge >= 0.3 is 0 Å². The van der Waals surface area contributed by atoms with Gasteiger partial charge in [0.2, 0.25) is 5.95 Å². The number of nitrogens with one attached hydrogen (secondary N) is 1. The normalized spacial score (nSPS) is 18.7. The summed E-state index contributed by atoms with van der Waals surface area (Å²) in [6.45, 7) is 4.46. The molecule has 0 aliphatic carbocycles. The molecule has 6 heteroatoms. The first-order valence-electron chi connectivity index (χ1n) is 7.62. The first-order valence-corrected chi connectivity index (χ1v) is 7.62. The number of methoxy groups -OCH3 is 1. The number of hydrogen-bond donors (Lipinski definition) is 1. The van der Waals surface area contributed by atoms with E-state index in [4.69, 9.17) is 4.74 Å². The fourth-order valence-corrected chi connectivity index (χ4v) is 2.70. The lowest BCUT2D eigenvalue weighted by Gasteiger charge is -2.27. The molecule has 1 fully saturated rings. The smallest absolute Gasteiger partial charge is 0.225 e. The number of hydrogen-bond acceptors (Lipinski definition) is 6. The van der Waals surface area contributed by atoms with Gasteiger partial charge in [0, 0.05) is 57.3 Å². The highest BCUT2D eigenvalue weighted by molar-refractivity contribution is 5.33. The van der Waals surface area contributed by atoms with Crippen LogP contribution in [0, 0.1) is 0 Å². The maximum absolute atomic E-state index is 5.01. The molecule has 1 aromatic rings. The summed E-state index contributed by atoms with van der Waals surface area (Å²) in [6, 6.07) is 0.533. The zero-order valence-electron chi connectivity index (χ0n) is 13.4. The molecular formula is C15H27N5O. The molecule has 118 valence electrons. The highest BCUT2D eigenvalue weighted by Gasteiger charge is 2.26. The number of nitrogens with zero attached hydrogens (tertiary/aromatic N) is 4. The molecule has 1 saturated heterocycles. The van der Waals surface area contributed by atoms with Gasteiger partial charge in [-0.15, -0.1) is 0 Å². The van der Waals surface area contributed by atoms with Gasteiger partial charge in [0.25, 0.3) is 0 Å². The van der Waals surface area contributed by atoms with E-state index < -0.39 is 0 Å². The minimum atomic E-state index is 0.533. The van der Waals surface area contributed by atoms with Gasteiger partial charge in [0.1, 0.15) is 0 Å². The summed E-state index contributed by atoms with van der Waals surface area (Å²) < 4.78 is 5.01. The third-order valence-electron chi connectivity index (χ3n) is 3.71. The van der Waals surface area contributed by atoms with Crippen molar-refractivity contribution >= 4 is 5.95 Å². The highest BCUT2D eigenvalue weighted by Crippen LogP contribution is 2.22. The molecular weight excluding hydrogens is 266 g/mol. The SMILES string of the molecule is COCCNCc1cnc(N2CCCC2CN(C)C)nc1. The van der Waals surface area contributed by atoms with Crippen molar-refractivity contribution in [1.82, 2.24) is 20.2 Å². The Hall–Kier alpha value is -1.24. The Morgan fingerprint density at radius 2 is 2.14 bits per heavy atom. The topological polar surface area (TPSA) is 53.5 Å². The highest BCUT2D eigenvalue weighted by atomic mass is 16.5. The zero-order chi connectivity index (χ0) is 15.1. The number of likely N-dealkylation sites (N-methyl/N-ethyl adjacent to an activating group) is 1. The van der Waals surface area contributed by atoms with E-state index in [-0.39, 0.29) is 0 Å². The summed E-state index contributed by atoms with van der Waals surface area (Å²) in [7, 11) is 5.94. The van der Waals surface area contributed by atoms with Crippen LogP contribution in [0.4, 0.5) is 5.95 Å². The predicted octanol–water partition coefficient (Wildman–Crippen LogP) is 0.743. The van der Waals surface area contributed by atoms with Gasteiger partial charge in [-0.05, 0) is 26.9 Å². The van der Waals surface area contributed by atoms with E-state index in [0.717, 1.165) is 44.3 Å². The second-order valence-corrected chi connectivity index (χ2v) is 5.81. The Bertz CT molecular complexity index is 409. The Kier molecular flexibility index (Phi) is 6.35. The predicted molar refractivity (Wildman–Crippen MR) is 84.5 cm³/mol. The van der Waals surface area contributed by atoms with E-state index in [0.29, 0.717) is 6.04 Å². The van der Waals surface area contributed by atoms with Crippen LogP contribution in [0.5, 0.6) is 0 Å². The van der Waals surface area contributed by atoms with Crippen LogP contribution < -0.4 is 10.2 Å². The quantitative estimate of drug-likeness (QED) is 0.714. The second-order valence-electron chi connectivity index (χ2n) is 5.81. The van der Waals surface area contributed by atoms with Crippen molar-refractivity contribution in [2.75, 3.05) is 52.3 Å². The van der Waals surface area contributed by atoms with Gasteiger partial charge < -0.3 is 19.9 Å². The minimum absolute atomic E-state index is 0.533. The van der Waals surface area contributed by atoms with Crippen molar-refractivity contribution in [1.29, 1.82) is 0 Å². The summed E-state index contributed by atoms with van der Waals surface area (Å²) in [5, 5.41) is 3.30. The molecule has 6 nitrogen and oxygen atoms in total. The van der Waals surface area contributed by atoms with Gasteiger partial charge in [0.15, 0.2) is 0 Å². The third kappa shape index (κ3) is 4.91. The van der Waals surface area contributed by atoms with E-state index in [2.05, 4.69) is 39.2 Å². The molecule has 1 aliphatic rings. The van der Waals surface area contributed by atoms with E-state index in [1.807, 2.05) is 12.4 Å². The van der Waals surface area contributed by atoms with Crippen LogP contribution in [-0.2, 0) is 11.3 Å². The van der Waals surface area contributed by atoms with E-state index in [1.165, 1.54) is 12.8 Å². The Morgan fingerprint density at radius 1 is 1.38 bits per heavy atom. The van der Waals surface area contributed by atoms with E-state index >= 15 is 0 Å². The standard InChI is InChI=1S/C15H27N5O/c1-19(2)12-14-5-4-7-20(14)15-17-10-13(11-18-15)9-16-6-8-21-3/h10-11,14,16H,4-9,12H2,1-3H3. The molecule has 21 heavy (non-hydrogen) atoms. The van der Waals surface area contributed by atoms with Gasteiger partial charge in [-0.3, -0.25) is 0 Å². The van der Waals surface area contributed by atoms with Crippen molar-refractivity contribution in [2.24, 2.45) is 0 Å². The van der Waals surface area contributed by atoms with Crippen molar-refractivity contribution in [3.8, 4) is 0 Å². The van der Waals surface area contributed by atoms with Crippen LogP contribution >= 0.6 is 0 Å². The molecule has 0 bridgehead atoms. The molecule has 1 aromatic heterocycles. The average molecular weight is 293 g/mol. The lowest BCUT2D eigenvalue weighted by molar-refractivity contribution is 0.199. The van der Waals surface area contributed by atoms with Crippen LogP contribution in [-0.4, -0.2) is 68.4 Å². The minimum Gasteiger partial charge on any atom is -0.383 e. The molecule has 2 rings (SSSR count). The summed E-state index contributed by atoms with van der Waals surface area (Å²) in [5.41, 5.74) is 1.11. The lowest BCUT2D eigenvalue weighted by atomic mass is 10.2. The Balaban J connectivity index is 1.88. The first-order chi connectivity index (χ1) is 10.2. The fraction of sp³-hybridized carbons (Fsp3) is 0.733. The summed E-state index contributed by atoms with van der Waals surface area (Å²) in [6.07, 6.45) is 6.30. The summed E-state index contributed by atoms with van der Waals surface area (Å²) >= 11 is 0. The van der Waals surface area contributed by atoms with Crippen molar-refractivity contribution in [3.05, 3.63) is 18.0 Å². The van der Waals surface area contributed by atoms with Crippen LogP contribution in [0.1, 0.15) is 18.4 Å². The lowest BCUT2D eigenvalue weighted by Crippen LogP contribution is -2.38. The van der Waals surface area contributed by atoms with Crippen LogP contribution in [0.2, 0.25) is 0 Å². The van der Waals surface area contributed by atoms with Crippen LogP contribution in [0.25, 0.3) is 0 Å². The van der Waals surface area contributed by atoms with E-state index in [9.17, 15) is 0 Å². The molecule has 0 amide bonds. The Morgan fingerprint density at radius 3 is 2.81 bits per heavy atom. The van der Waals surface area contributed by atoms with Crippen molar-refractivity contribution in [3.63, 3.8) is 0 Å². The molecule has 2 heterocycles. The molecule has 0 saturated carbocycles. The third-order valence-corrected chi connectivity index (χ3v) is 3.71. The van der Waals surface area contributed by atoms with Crippen molar-refractivity contribution in [2.45, 2.75) is 25.4 Å². The largest absolute Gasteiger partial charge is 0.383 e. The summed E-state index contributed by atoms with van der Waals surface area (Å²) in [5.74, 6) is 0.861. The van der Waals surface area contributed by atoms with Gasteiger partial charge in [0.05, 0.1) is 6.61 Å². The van der Waals surface area contributed by atoms with Crippen LogP contribution in [0.15, 0.2) is 12.4 Å². The number of rotatable bonds is 8. The van der Waals surface area contributed by atoms with Gasteiger partial charge in [-0.2, -0.15) is 0 Å². The van der Waals surface area contributed by atoms with Crippen LogP contribution in [0.3, 0.4) is 0 Å². The zero-order valence-corrected chi connectivity index (χ0v) is 13.4. The molecule has 1 atom stereocenters. The van der Waals surface area contributed by atoms with E-state index in [1.54, 1.807) is 7.11 Å². The van der Waals surface area contributed by atoms with Gasteiger partial charge in [-0.25, -0.2) is 9.97 Å². The second kappa shape index (κ2) is 8.26. The Labute approximate surface area is 127 Å². The monoisotopic (exact) mass is 293 g/mol. The molecule has 1 N–H and O–H groups in total. The number of anilines is 1. The molecule has 1 unspecified atom stereocenters. The first kappa shape index (κ1) is 16.1. The molecule has 0 aromatic carbocycles. The average Bonchev–Trinajstić information content (AvgIpc) is 2.92. The molecule has 1 aliphatic heterocycles.